The summed E-state index contributed by atoms with van der Waals surface area (Å²) >= 11 is 0. The maximum atomic E-state index is 12.6. The molecule has 1 aliphatic carbocycles. The molecular weight excluding hydrogens is 400 g/mol. The van der Waals surface area contributed by atoms with Crippen molar-refractivity contribution >= 4 is 17.5 Å². The number of carbonyl (C=O) groups excluding carboxylic acids is 2. The van der Waals surface area contributed by atoms with Gasteiger partial charge in [0.1, 0.15) is 29.2 Å². The summed E-state index contributed by atoms with van der Waals surface area (Å²) in [4.78, 5) is 32.6. The van der Waals surface area contributed by atoms with Crippen LogP contribution in [-0.2, 0) is 0 Å². The number of nitrogens with zero attached hydrogens (tertiary/aromatic N) is 3. The smallest absolute Gasteiger partial charge is 0.271 e. The summed E-state index contributed by atoms with van der Waals surface area (Å²) in [5.41, 5.74) is 12.5. The summed E-state index contributed by atoms with van der Waals surface area (Å²) in [5, 5.41) is 12.5. The van der Waals surface area contributed by atoms with E-state index in [2.05, 4.69) is 15.3 Å². The highest BCUT2D eigenvalue weighted by molar-refractivity contribution is 5.95. The van der Waals surface area contributed by atoms with Gasteiger partial charge in [0.25, 0.3) is 11.8 Å². The third kappa shape index (κ3) is 4.65. The molecule has 1 aliphatic rings. The number of imidazole rings is 1. The van der Waals surface area contributed by atoms with Crippen LogP contribution < -0.4 is 21.5 Å². The van der Waals surface area contributed by atoms with Crippen LogP contribution in [0.1, 0.15) is 58.3 Å². The third-order valence-corrected chi connectivity index (χ3v) is 5.37. The number of rotatable bonds is 6. The van der Waals surface area contributed by atoms with Gasteiger partial charge in [0, 0.05) is 30.2 Å². The van der Waals surface area contributed by atoms with Crippen molar-refractivity contribution in [3.8, 4) is 5.88 Å². The van der Waals surface area contributed by atoms with Crippen LogP contribution in [0.3, 0.4) is 0 Å². The predicted molar refractivity (Wildman–Crippen MR) is 111 cm³/mol. The van der Waals surface area contributed by atoms with E-state index in [-0.39, 0.29) is 29.5 Å². The minimum absolute atomic E-state index is 0.00192. The molecule has 3 heterocycles. The Morgan fingerprint density at radius 1 is 1.19 bits per heavy atom. The van der Waals surface area contributed by atoms with Crippen LogP contribution in [-0.4, -0.2) is 43.4 Å². The van der Waals surface area contributed by atoms with Crippen LogP contribution in [0.4, 0.5) is 0 Å². The molecule has 0 saturated heterocycles. The van der Waals surface area contributed by atoms with E-state index in [0.717, 1.165) is 12.8 Å². The van der Waals surface area contributed by atoms with Gasteiger partial charge in [-0.15, -0.1) is 0 Å². The fourth-order valence-corrected chi connectivity index (χ4v) is 3.71. The van der Waals surface area contributed by atoms with Crippen molar-refractivity contribution in [2.75, 3.05) is 0 Å². The first-order valence-electron chi connectivity index (χ1n) is 10.1. The molecule has 3 aromatic heterocycles. The molecule has 0 bridgehead atoms. The molecule has 0 aromatic carbocycles. The lowest BCUT2D eigenvalue weighted by molar-refractivity contribution is 0.0877. The number of aliphatic hydroxyl groups excluding tert-OH is 1. The van der Waals surface area contributed by atoms with Gasteiger partial charge in [0.15, 0.2) is 0 Å². The molecule has 1 saturated carbocycles. The van der Waals surface area contributed by atoms with Crippen LogP contribution in [0.25, 0.3) is 5.65 Å². The normalized spacial score (nSPS) is 19.7. The van der Waals surface area contributed by atoms with Crippen LogP contribution in [0.15, 0.2) is 42.9 Å². The Morgan fingerprint density at radius 3 is 2.68 bits per heavy atom. The van der Waals surface area contributed by atoms with Crippen LogP contribution in [0, 0.1) is 0 Å². The highest BCUT2D eigenvalue weighted by Gasteiger charge is 2.26. The molecule has 1 atom stereocenters. The van der Waals surface area contributed by atoms with Crippen molar-refractivity contribution < 1.29 is 19.4 Å². The summed E-state index contributed by atoms with van der Waals surface area (Å²) in [6.07, 6.45) is 6.49. The molecule has 10 nitrogen and oxygen atoms in total. The van der Waals surface area contributed by atoms with Crippen molar-refractivity contribution in [2.24, 2.45) is 11.5 Å². The van der Waals surface area contributed by atoms with Gasteiger partial charge in [-0.05, 0) is 49.9 Å². The summed E-state index contributed by atoms with van der Waals surface area (Å²) < 4.78 is 7.55. The molecule has 0 spiro atoms. The second-order valence-electron chi connectivity index (χ2n) is 7.58. The van der Waals surface area contributed by atoms with Gasteiger partial charge in [-0.25, -0.2) is 9.97 Å². The Kier molecular flexibility index (Phi) is 5.83. The number of aliphatic hydroxyl groups is 1. The number of carbonyl (C=O) groups is 2. The molecule has 6 N–H and O–H groups in total. The van der Waals surface area contributed by atoms with Crippen molar-refractivity contribution in [2.45, 2.75) is 44.1 Å². The van der Waals surface area contributed by atoms with Crippen LogP contribution >= 0.6 is 0 Å². The van der Waals surface area contributed by atoms with Crippen molar-refractivity contribution in [3.63, 3.8) is 0 Å². The lowest BCUT2D eigenvalue weighted by Crippen LogP contribution is -2.40. The Balaban J connectivity index is 1.34. The number of hydrogen-bond acceptors (Lipinski definition) is 7. The maximum absolute atomic E-state index is 12.6. The van der Waals surface area contributed by atoms with Crippen molar-refractivity contribution in [1.29, 1.82) is 0 Å². The summed E-state index contributed by atoms with van der Waals surface area (Å²) in [6, 6.07) is 6.59. The number of pyridine rings is 2. The Hall–Kier alpha value is -3.50. The zero-order valence-corrected chi connectivity index (χ0v) is 16.8. The quantitative estimate of drug-likeness (QED) is 0.428. The van der Waals surface area contributed by atoms with E-state index in [1.165, 1.54) is 0 Å². The third-order valence-electron chi connectivity index (χ3n) is 5.37. The monoisotopic (exact) mass is 424 g/mol. The Morgan fingerprint density at radius 2 is 1.97 bits per heavy atom. The molecular formula is C21H24N6O4. The van der Waals surface area contributed by atoms with E-state index >= 15 is 0 Å². The molecule has 2 amide bonds. The number of ether oxygens (including phenoxy) is 1. The van der Waals surface area contributed by atoms with Gasteiger partial charge in [-0.3, -0.25) is 9.59 Å². The van der Waals surface area contributed by atoms with E-state index < -0.39 is 12.1 Å². The lowest BCUT2D eigenvalue weighted by Gasteiger charge is -2.29. The molecule has 0 radical (unpaired) electrons. The van der Waals surface area contributed by atoms with Gasteiger partial charge in [-0.2, -0.15) is 0 Å². The summed E-state index contributed by atoms with van der Waals surface area (Å²) in [5.74, 6) is -0.595. The predicted octanol–water partition coefficient (Wildman–Crippen LogP) is 0.898. The molecule has 31 heavy (non-hydrogen) atoms. The molecule has 162 valence electrons. The molecule has 10 heteroatoms. The minimum atomic E-state index is -1.09. The fourth-order valence-electron chi connectivity index (χ4n) is 3.71. The first kappa shape index (κ1) is 20.8. The average Bonchev–Trinajstić information content (AvgIpc) is 3.19. The number of amides is 2. The molecule has 1 fully saturated rings. The second kappa shape index (κ2) is 8.70. The van der Waals surface area contributed by atoms with E-state index in [9.17, 15) is 14.7 Å². The Bertz CT molecular complexity index is 1100. The van der Waals surface area contributed by atoms with E-state index in [4.69, 9.17) is 16.2 Å². The Labute approximate surface area is 178 Å². The van der Waals surface area contributed by atoms with Gasteiger partial charge in [-0.1, -0.05) is 0 Å². The van der Waals surface area contributed by atoms with Gasteiger partial charge in [0.2, 0.25) is 5.88 Å². The first-order chi connectivity index (χ1) is 14.9. The molecule has 4 rings (SSSR count). The van der Waals surface area contributed by atoms with E-state index in [1.807, 2.05) is 0 Å². The lowest BCUT2D eigenvalue weighted by atomic mass is 9.93. The van der Waals surface area contributed by atoms with Crippen molar-refractivity contribution in [3.05, 3.63) is 59.7 Å². The number of primary amides is 1. The second-order valence-corrected chi connectivity index (χ2v) is 7.58. The standard InChI is InChI=1S/C21H24N6O4/c22-18(28)12-3-8-17-26-16(11-27(17)10-12)20(30)25-13-4-6-14(7-5-13)31-21-15(19(23)29)2-1-9-24-21/h1-3,8-11,13-14,18,28H,4-7,22H2,(H2,23,29)(H,25,30). The topological polar surface area (TPSA) is 158 Å². The zero-order chi connectivity index (χ0) is 22.0. The van der Waals surface area contributed by atoms with Gasteiger partial charge < -0.3 is 31.0 Å². The van der Waals surface area contributed by atoms with Gasteiger partial charge >= 0.3 is 0 Å². The summed E-state index contributed by atoms with van der Waals surface area (Å²) in [6.45, 7) is 0. The highest BCUT2D eigenvalue weighted by Crippen LogP contribution is 2.25. The maximum Gasteiger partial charge on any atom is 0.271 e. The zero-order valence-electron chi connectivity index (χ0n) is 16.8. The number of aromatic nitrogens is 3. The molecule has 3 aromatic rings. The number of nitrogens with two attached hydrogens (primary N) is 2. The molecule has 0 aliphatic heterocycles. The number of fused-ring (bicyclic) bond motifs is 1. The van der Waals surface area contributed by atoms with Crippen LogP contribution in [0.5, 0.6) is 5.88 Å². The molecule has 1 unspecified atom stereocenters. The van der Waals surface area contributed by atoms with Crippen LogP contribution in [0.2, 0.25) is 0 Å². The largest absolute Gasteiger partial charge is 0.474 e. The number of nitrogens with one attached hydrogen (secondary N) is 1. The van der Waals surface area contributed by atoms with E-state index in [0.29, 0.717) is 29.7 Å². The SMILES string of the molecule is NC(=O)c1cccnc1OC1CCC(NC(=O)c2cn3cc(C(N)O)ccc3n2)CC1. The van der Waals surface area contributed by atoms with Crippen molar-refractivity contribution in [1.82, 2.24) is 19.7 Å². The highest BCUT2D eigenvalue weighted by atomic mass is 16.5. The van der Waals surface area contributed by atoms with Gasteiger partial charge in [0.05, 0.1) is 0 Å². The first-order valence-corrected chi connectivity index (χ1v) is 10.1. The minimum Gasteiger partial charge on any atom is -0.474 e. The summed E-state index contributed by atoms with van der Waals surface area (Å²) in [7, 11) is 0. The number of hydrogen-bond donors (Lipinski definition) is 4. The fraction of sp³-hybridized carbons (Fsp3) is 0.333. The average molecular weight is 424 g/mol. The van der Waals surface area contributed by atoms with E-state index in [1.54, 1.807) is 47.3 Å².